The van der Waals surface area contributed by atoms with Crippen LogP contribution in [0.4, 0.5) is 9.59 Å². The number of amides is 4. The van der Waals surface area contributed by atoms with Crippen LogP contribution in [0.3, 0.4) is 0 Å². The molecular weight excluding hydrogens is 753 g/mol. The number of hydrogen-bond acceptors (Lipinski definition) is 9. The van der Waals surface area contributed by atoms with Gasteiger partial charge >= 0.3 is 12.2 Å². The molecule has 4 N–H and O–H groups in total. The molecule has 2 aromatic carbocycles. The van der Waals surface area contributed by atoms with E-state index in [4.69, 9.17) is 24.2 Å². The van der Waals surface area contributed by atoms with Gasteiger partial charge in [0.25, 0.3) is 0 Å². The molecule has 3 aliphatic rings. The van der Waals surface area contributed by atoms with Crippen molar-refractivity contribution in [3.8, 4) is 34.0 Å². The number of aromatic amines is 2. The number of hydrogen-bond donors (Lipinski definition) is 4. The molecule has 0 radical (unpaired) electrons. The maximum absolute atomic E-state index is 13.7. The Labute approximate surface area is 345 Å². The summed E-state index contributed by atoms with van der Waals surface area (Å²) in [7, 11) is 2.58. The van der Waals surface area contributed by atoms with Gasteiger partial charge in [0.05, 0.1) is 50.1 Å². The number of nitrogens with one attached hydrogen (secondary N) is 4. The van der Waals surface area contributed by atoms with Crippen LogP contribution in [0.15, 0.2) is 48.8 Å². The molecular formula is C44H56N8O7. The Morgan fingerprint density at radius 2 is 1.19 bits per heavy atom. The summed E-state index contributed by atoms with van der Waals surface area (Å²) in [5.41, 5.74) is 5.71. The molecule has 4 amide bonds. The second-order valence-electron chi connectivity index (χ2n) is 16.8. The van der Waals surface area contributed by atoms with Gasteiger partial charge in [-0.15, -0.1) is 0 Å². The quantitative estimate of drug-likeness (QED) is 0.120. The average Bonchev–Trinajstić information content (AvgIpc) is 4.06. The highest BCUT2D eigenvalue weighted by molar-refractivity contribution is 5.87. The summed E-state index contributed by atoms with van der Waals surface area (Å²) in [5, 5.41) is 5.42. The highest BCUT2D eigenvalue weighted by atomic mass is 16.5. The number of alkyl carbamates (subject to hydrolysis) is 2. The Morgan fingerprint density at radius 3 is 1.66 bits per heavy atom. The van der Waals surface area contributed by atoms with Crippen molar-refractivity contribution in [2.24, 2.45) is 17.8 Å². The van der Waals surface area contributed by atoms with Crippen molar-refractivity contribution in [2.75, 3.05) is 27.3 Å². The molecule has 2 aromatic heterocycles. The summed E-state index contributed by atoms with van der Waals surface area (Å²) in [4.78, 5) is 71.6. The molecule has 1 unspecified atom stereocenters. The minimum Gasteiger partial charge on any atom is -0.457 e. The van der Waals surface area contributed by atoms with Crippen LogP contribution in [0.2, 0.25) is 0 Å². The van der Waals surface area contributed by atoms with Gasteiger partial charge in [-0.3, -0.25) is 9.59 Å². The molecule has 0 spiro atoms. The lowest BCUT2D eigenvalue weighted by Crippen LogP contribution is -2.51. The molecule has 314 valence electrons. The Balaban J connectivity index is 1.09. The first kappa shape index (κ1) is 41.3. The van der Waals surface area contributed by atoms with Crippen LogP contribution in [-0.4, -0.2) is 93.1 Å². The predicted octanol–water partition coefficient (Wildman–Crippen LogP) is 7.45. The van der Waals surface area contributed by atoms with Crippen molar-refractivity contribution in [3.05, 3.63) is 71.6 Å². The highest BCUT2D eigenvalue weighted by Gasteiger charge is 2.39. The first-order valence-corrected chi connectivity index (χ1v) is 20.7. The summed E-state index contributed by atoms with van der Waals surface area (Å²) in [6, 6.07) is 10.6. The number of likely N-dealkylation sites (tertiary alicyclic amines) is 2. The molecule has 2 saturated heterocycles. The fourth-order valence-electron chi connectivity index (χ4n) is 8.79. The van der Waals surface area contributed by atoms with Crippen LogP contribution < -0.4 is 15.4 Å². The molecule has 15 nitrogen and oxygen atoms in total. The van der Waals surface area contributed by atoms with Crippen molar-refractivity contribution in [3.63, 3.8) is 0 Å². The van der Waals surface area contributed by atoms with Crippen LogP contribution in [-0.2, 0) is 19.1 Å². The van der Waals surface area contributed by atoms with Crippen LogP contribution in [0, 0.1) is 17.8 Å². The van der Waals surface area contributed by atoms with Crippen molar-refractivity contribution in [1.29, 1.82) is 0 Å². The number of nitrogens with zero attached hydrogens (tertiary/aromatic N) is 4. The molecule has 5 heterocycles. The SMILES string of the molecule is COC(=O)N[C@H](C(=O)N1CCC[C@H]1c1ncc(-c2ccc3c(c2)Oc2ccc(-c4cnc([C@@H]5CCCN5C(=O)[C@@H](NC(=O)OC)C(C)C)[nH]4)cc2C3C(C)C)[nH]1)C(C)C. The number of fused-ring (bicyclic) bond motifs is 2. The molecule has 15 heteroatoms. The van der Waals surface area contributed by atoms with Crippen molar-refractivity contribution >= 4 is 24.0 Å². The van der Waals surface area contributed by atoms with Gasteiger partial charge in [0.1, 0.15) is 35.2 Å². The molecule has 0 bridgehead atoms. The summed E-state index contributed by atoms with van der Waals surface area (Å²) >= 11 is 0. The normalized spacial score (nSPS) is 19.6. The van der Waals surface area contributed by atoms with E-state index >= 15 is 0 Å². The second kappa shape index (κ2) is 17.2. The lowest BCUT2D eigenvalue weighted by molar-refractivity contribution is -0.136. The monoisotopic (exact) mass is 808 g/mol. The van der Waals surface area contributed by atoms with Crippen LogP contribution in [0.1, 0.15) is 108 Å². The van der Waals surface area contributed by atoms with Crippen molar-refractivity contribution in [1.82, 2.24) is 40.4 Å². The largest absolute Gasteiger partial charge is 0.457 e. The standard InChI is InChI=1S/C44H56N8O7/c1-23(2)36-28-15-13-27(31-22-46-40(48-31)33-12-10-18-52(33)42(54)38(25(5)6)50-44(56)58-8)20-35(28)59-34-16-14-26(19-29(34)36)30-21-45-39(47-30)32-11-9-17-51(32)41(53)37(24(3)4)49-43(55)57-7/h13-16,19-25,32-33,36-38H,9-12,17-18H2,1-8H3,(H,45,47)(H,46,48)(H,49,55)(H,50,56)/t32-,33-,36?,37-,38-/m0/s1. The highest BCUT2D eigenvalue weighted by Crippen LogP contribution is 2.49. The van der Waals surface area contributed by atoms with E-state index in [-0.39, 0.29) is 47.6 Å². The van der Waals surface area contributed by atoms with Crippen molar-refractivity contribution in [2.45, 2.75) is 97.3 Å². The van der Waals surface area contributed by atoms with E-state index < -0.39 is 24.3 Å². The van der Waals surface area contributed by atoms with E-state index in [1.165, 1.54) is 14.2 Å². The van der Waals surface area contributed by atoms with Crippen molar-refractivity contribution < 1.29 is 33.4 Å². The van der Waals surface area contributed by atoms with Gasteiger partial charge in [-0.25, -0.2) is 19.6 Å². The fourth-order valence-corrected chi connectivity index (χ4v) is 8.79. The molecule has 59 heavy (non-hydrogen) atoms. The molecule has 3 aliphatic heterocycles. The number of carbonyl (C=O) groups is 4. The third-order valence-electron chi connectivity index (χ3n) is 11.9. The number of H-pyrrole nitrogens is 2. The minimum absolute atomic E-state index is 0.0613. The van der Waals surface area contributed by atoms with Gasteiger partial charge < -0.3 is 44.6 Å². The fraction of sp³-hybridized carbons (Fsp3) is 0.500. The molecule has 7 rings (SSSR count). The number of ether oxygens (including phenoxy) is 3. The predicted molar refractivity (Wildman–Crippen MR) is 221 cm³/mol. The Morgan fingerprint density at radius 1 is 0.695 bits per heavy atom. The number of imidazole rings is 2. The number of aromatic nitrogens is 4. The van der Waals surface area contributed by atoms with Gasteiger partial charge in [-0.2, -0.15) is 0 Å². The molecule has 5 atom stereocenters. The summed E-state index contributed by atoms with van der Waals surface area (Å²) < 4.78 is 16.2. The van der Waals surface area contributed by atoms with Gasteiger partial charge in [0.2, 0.25) is 11.8 Å². The Kier molecular flexibility index (Phi) is 12.0. The van der Waals surface area contributed by atoms with Gasteiger partial charge in [0, 0.05) is 41.3 Å². The van der Waals surface area contributed by atoms with E-state index in [0.717, 1.165) is 70.8 Å². The first-order chi connectivity index (χ1) is 28.3. The Hall–Kier alpha value is -5.86. The topological polar surface area (TPSA) is 184 Å². The summed E-state index contributed by atoms with van der Waals surface area (Å²) in [6.07, 6.45) is 5.55. The van der Waals surface area contributed by atoms with E-state index in [1.54, 1.807) is 6.20 Å². The van der Waals surface area contributed by atoms with Crippen LogP contribution in [0.5, 0.6) is 11.5 Å². The Bertz CT molecular complexity index is 2190. The number of methoxy groups -OCH3 is 2. The molecule has 2 fully saturated rings. The lowest BCUT2D eigenvalue weighted by Gasteiger charge is -2.31. The summed E-state index contributed by atoms with van der Waals surface area (Å²) in [6.45, 7) is 13.2. The number of carbonyl (C=O) groups excluding carboxylic acids is 4. The van der Waals surface area contributed by atoms with E-state index in [9.17, 15) is 19.2 Å². The zero-order chi connectivity index (χ0) is 42.1. The van der Waals surface area contributed by atoms with Gasteiger partial charge in [0.15, 0.2) is 0 Å². The van der Waals surface area contributed by atoms with E-state index in [0.29, 0.717) is 24.7 Å². The molecule has 0 saturated carbocycles. The third-order valence-corrected chi connectivity index (χ3v) is 11.9. The summed E-state index contributed by atoms with van der Waals surface area (Å²) in [5.74, 6) is 2.75. The van der Waals surface area contributed by atoms with E-state index in [2.05, 4.69) is 52.6 Å². The third kappa shape index (κ3) is 8.24. The molecule has 0 aliphatic carbocycles. The maximum Gasteiger partial charge on any atom is 0.407 e. The zero-order valence-corrected chi connectivity index (χ0v) is 35.1. The maximum atomic E-state index is 13.7. The van der Waals surface area contributed by atoms with Crippen LogP contribution >= 0.6 is 0 Å². The van der Waals surface area contributed by atoms with Gasteiger partial charge in [-0.05, 0) is 67.7 Å². The van der Waals surface area contributed by atoms with Gasteiger partial charge in [-0.1, -0.05) is 53.7 Å². The first-order valence-electron chi connectivity index (χ1n) is 20.7. The number of rotatable bonds is 11. The van der Waals surface area contributed by atoms with Crippen LogP contribution in [0.25, 0.3) is 22.5 Å². The average molecular weight is 809 g/mol. The number of benzene rings is 2. The lowest BCUT2D eigenvalue weighted by atomic mass is 9.79. The minimum atomic E-state index is -0.706. The second-order valence-corrected chi connectivity index (χ2v) is 16.8. The molecule has 4 aromatic rings. The smallest absolute Gasteiger partial charge is 0.407 e. The van der Waals surface area contributed by atoms with E-state index in [1.807, 2.05) is 61.9 Å². The zero-order valence-electron chi connectivity index (χ0n) is 35.1.